The molecule has 33 heavy (non-hydrogen) atoms. The Balaban J connectivity index is 1.51. The van der Waals surface area contributed by atoms with Crippen molar-refractivity contribution in [1.29, 1.82) is 0 Å². The number of methoxy groups -OCH3 is 1. The van der Waals surface area contributed by atoms with Crippen LogP contribution in [0.5, 0.6) is 5.75 Å². The van der Waals surface area contributed by atoms with Crippen LogP contribution < -0.4 is 10.1 Å². The van der Waals surface area contributed by atoms with Crippen molar-refractivity contribution in [2.75, 3.05) is 26.7 Å². The van der Waals surface area contributed by atoms with Crippen molar-refractivity contribution in [1.82, 2.24) is 30.5 Å². The number of halogens is 3. The summed E-state index contributed by atoms with van der Waals surface area (Å²) in [5.74, 6) is -0.331. The van der Waals surface area contributed by atoms with Gasteiger partial charge in [0.1, 0.15) is 11.4 Å². The molecular weight excluding hydrogens is 445 g/mol. The summed E-state index contributed by atoms with van der Waals surface area (Å²) in [6, 6.07) is 4.87. The molecule has 2 fully saturated rings. The van der Waals surface area contributed by atoms with E-state index in [-0.39, 0.29) is 29.8 Å². The van der Waals surface area contributed by atoms with Crippen LogP contribution in [0.15, 0.2) is 30.5 Å². The minimum absolute atomic E-state index is 0.181. The molecule has 2 saturated heterocycles. The number of ether oxygens (including phenoxy) is 2. The summed E-state index contributed by atoms with van der Waals surface area (Å²) < 4.78 is 46.3. The van der Waals surface area contributed by atoms with Crippen LogP contribution in [0.4, 0.5) is 22.8 Å². The highest BCUT2D eigenvalue weighted by Gasteiger charge is 2.56. The number of piperidine rings is 1. The maximum atomic E-state index is 12.9. The van der Waals surface area contributed by atoms with Gasteiger partial charge in [0.2, 0.25) is 0 Å². The number of likely N-dealkylation sites (tertiary alicyclic amines) is 2. The molecule has 13 heteroatoms. The molecule has 0 radical (unpaired) electrons. The quantitative estimate of drug-likeness (QED) is 0.714. The summed E-state index contributed by atoms with van der Waals surface area (Å²) in [4.78, 5) is 28.0. The van der Waals surface area contributed by atoms with Crippen molar-refractivity contribution < 1.29 is 32.2 Å². The number of nitrogens with zero attached hydrogens (tertiary/aromatic N) is 4. The standard InChI is InChI=1S/C20H23F3N6O4/c1-32-18(31)28-8-6-19(7-9-28)12-29(17(30)24-10-14-11-25-27-26-14)16(19)13-2-4-15(5-3-13)33-20(21,22)23/h2-5,11,16H,6-10,12H2,1H3,(H,24,30)(H,25,26,27). The number of amides is 3. The average Bonchev–Trinajstić information content (AvgIpc) is 3.30. The number of nitrogens with one attached hydrogen (secondary N) is 2. The van der Waals surface area contributed by atoms with Gasteiger partial charge in [-0.1, -0.05) is 17.3 Å². The van der Waals surface area contributed by atoms with Gasteiger partial charge in [0.15, 0.2) is 0 Å². The smallest absolute Gasteiger partial charge is 0.453 e. The van der Waals surface area contributed by atoms with Crippen LogP contribution in [0, 0.1) is 5.41 Å². The summed E-state index contributed by atoms with van der Waals surface area (Å²) in [6.45, 7) is 1.57. The Morgan fingerprint density at radius 1 is 1.24 bits per heavy atom. The van der Waals surface area contributed by atoms with Gasteiger partial charge in [-0.05, 0) is 30.5 Å². The molecule has 3 amide bonds. The molecule has 4 rings (SSSR count). The summed E-state index contributed by atoms with van der Waals surface area (Å²) in [7, 11) is 1.32. The van der Waals surface area contributed by atoms with Crippen molar-refractivity contribution in [2.45, 2.75) is 31.8 Å². The Morgan fingerprint density at radius 2 is 1.94 bits per heavy atom. The summed E-state index contributed by atoms with van der Waals surface area (Å²) in [5.41, 5.74) is 0.955. The van der Waals surface area contributed by atoms with Crippen LogP contribution >= 0.6 is 0 Å². The van der Waals surface area contributed by atoms with Gasteiger partial charge in [0.25, 0.3) is 0 Å². The fourth-order valence-electron chi connectivity index (χ4n) is 4.58. The van der Waals surface area contributed by atoms with Gasteiger partial charge in [-0.25, -0.2) is 9.59 Å². The summed E-state index contributed by atoms with van der Waals surface area (Å²) >= 11 is 0. The highest BCUT2D eigenvalue weighted by Crippen LogP contribution is 2.55. The number of hydrogen-bond donors (Lipinski definition) is 2. The number of urea groups is 1. The van der Waals surface area contributed by atoms with Gasteiger partial charge in [-0.3, -0.25) is 5.10 Å². The number of hydrogen-bond acceptors (Lipinski definition) is 6. The molecule has 1 aromatic carbocycles. The van der Waals surface area contributed by atoms with Crippen molar-refractivity contribution in [3.8, 4) is 5.75 Å². The number of alkyl halides is 3. The van der Waals surface area contributed by atoms with Gasteiger partial charge in [0.05, 0.1) is 19.7 Å². The Labute approximate surface area is 187 Å². The minimum atomic E-state index is -4.78. The zero-order valence-electron chi connectivity index (χ0n) is 17.8. The molecule has 1 atom stereocenters. The van der Waals surface area contributed by atoms with Gasteiger partial charge in [-0.15, -0.1) is 18.3 Å². The molecule has 0 saturated carbocycles. The van der Waals surface area contributed by atoms with E-state index >= 15 is 0 Å². The second-order valence-corrected chi connectivity index (χ2v) is 8.09. The molecule has 1 spiro atoms. The number of rotatable bonds is 4. The molecule has 0 aliphatic carbocycles. The van der Waals surface area contributed by atoms with Gasteiger partial charge >= 0.3 is 18.5 Å². The summed E-state index contributed by atoms with van der Waals surface area (Å²) in [5, 5.41) is 12.8. The fraction of sp³-hybridized carbons (Fsp3) is 0.500. The highest BCUT2D eigenvalue weighted by atomic mass is 19.4. The third-order valence-electron chi connectivity index (χ3n) is 6.15. The third-order valence-corrected chi connectivity index (χ3v) is 6.15. The van der Waals surface area contributed by atoms with Crippen LogP contribution in [0.1, 0.15) is 30.1 Å². The molecule has 1 aromatic heterocycles. The predicted molar refractivity (Wildman–Crippen MR) is 107 cm³/mol. The zero-order chi connectivity index (χ0) is 23.6. The number of H-pyrrole nitrogens is 1. The van der Waals surface area contributed by atoms with E-state index in [2.05, 4.69) is 25.5 Å². The maximum Gasteiger partial charge on any atom is 0.573 e. The predicted octanol–water partition coefficient (Wildman–Crippen LogP) is 2.82. The largest absolute Gasteiger partial charge is 0.573 e. The van der Waals surface area contributed by atoms with E-state index in [1.807, 2.05) is 0 Å². The number of aromatic amines is 1. The van der Waals surface area contributed by atoms with Crippen molar-refractivity contribution in [2.24, 2.45) is 5.41 Å². The van der Waals surface area contributed by atoms with E-state index in [1.165, 1.54) is 31.4 Å². The lowest BCUT2D eigenvalue weighted by molar-refractivity contribution is -0.274. The van der Waals surface area contributed by atoms with E-state index in [0.717, 1.165) is 0 Å². The fourth-order valence-corrected chi connectivity index (χ4v) is 4.58. The van der Waals surface area contributed by atoms with Crippen LogP contribution in [0.3, 0.4) is 0 Å². The normalized spacial score (nSPS) is 19.7. The van der Waals surface area contributed by atoms with E-state index in [9.17, 15) is 22.8 Å². The molecular formula is C20H23F3N6O4. The number of benzene rings is 1. The molecule has 2 aliphatic heterocycles. The van der Waals surface area contributed by atoms with Crippen molar-refractivity contribution in [3.63, 3.8) is 0 Å². The third kappa shape index (κ3) is 4.81. The molecule has 2 N–H and O–H groups in total. The van der Waals surface area contributed by atoms with E-state index < -0.39 is 12.5 Å². The van der Waals surface area contributed by atoms with Crippen LogP contribution in [0.2, 0.25) is 0 Å². The lowest BCUT2D eigenvalue weighted by Gasteiger charge is -2.60. The van der Waals surface area contributed by atoms with Crippen molar-refractivity contribution >= 4 is 12.1 Å². The number of carbonyl (C=O) groups excluding carboxylic acids is 2. The molecule has 2 aromatic rings. The lowest BCUT2D eigenvalue weighted by atomic mass is 9.63. The molecule has 2 aliphatic rings. The Morgan fingerprint density at radius 3 is 2.52 bits per heavy atom. The van der Waals surface area contributed by atoms with Gasteiger partial charge in [-0.2, -0.15) is 0 Å². The van der Waals surface area contributed by atoms with Crippen LogP contribution in [-0.4, -0.2) is 70.4 Å². The average molecular weight is 468 g/mol. The Hall–Kier alpha value is -3.51. The first kappa shape index (κ1) is 22.7. The zero-order valence-corrected chi connectivity index (χ0v) is 17.8. The second-order valence-electron chi connectivity index (χ2n) is 8.09. The van der Waals surface area contributed by atoms with E-state index in [4.69, 9.17) is 4.74 Å². The highest BCUT2D eigenvalue weighted by molar-refractivity contribution is 5.76. The molecule has 3 heterocycles. The Kier molecular flexibility index (Phi) is 6.04. The Bertz CT molecular complexity index is 975. The first-order valence-corrected chi connectivity index (χ1v) is 10.3. The molecule has 1 unspecified atom stereocenters. The van der Waals surface area contributed by atoms with Crippen LogP contribution in [-0.2, 0) is 11.3 Å². The maximum absolute atomic E-state index is 12.9. The SMILES string of the molecule is COC(=O)N1CCC2(CC1)CN(C(=O)NCc1c[nH]nn1)C2c1ccc(OC(F)(F)F)cc1. The van der Waals surface area contributed by atoms with Crippen molar-refractivity contribution in [3.05, 3.63) is 41.7 Å². The van der Waals surface area contributed by atoms with Gasteiger partial charge < -0.3 is 24.6 Å². The van der Waals surface area contributed by atoms with E-state index in [1.54, 1.807) is 16.0 Å². The first-order valence-electron chi connectivity index (χ1n) is 10.3. The minimum Gasteiger partial charge on any atom is -0.453 e. The molecule has 0 bridgehead atoms. The number of carbonyl (C=O) groups is 2. The topological polar surface area (TPSA) is 113 Å². The number of aromatic nitrogens is 3. The molecule has 10 nitrogen and oxygen atoms in total. The van der Waals surface area contributed by atoms with Crippen LogP contribution in [0.25, 0.3) is 0 Å². The first-order chi connectivity index (χ1) is 15.7. The second kappa shape index (κ2) is 8.79. The monoisotopic (exact) mass is 468 g/mol. The van der Waals surface area contributed by atoms with E-state index in [0.29, 0.717) is 43.7 Å². The summed E-state index contributed by atoms with van der Waals surface area (Å²) in [6.07, 6.45) is -2.37. The molecule has 178 valence electrons. The van der Waals surface area contributed by atoms with Gasteiger partial charge in [0, 0.05) is 31.2 Å². The lowest BCUT2D eigenvalue weighted by Crippen LogP contribution is -2.65.